The molecule has 0 fully saturated rings. The molecule has 2 aromatic rings. The number of hydrogen-bond acceptors (Lipinski definition) is 3. The topological polar surface area (TPSA) is 30.5 Å². The summed E-state index contributed by atoms with van der Waals surface area (Å²) in [4.78, 5) is 0. The molecule has 0 saturated carbocycles. The average Bonchev–Trinajstić information content (AvgIpc) is 2.47. The molecular formula is C17H20BrNO2. The summed E-state index contributed by atoms with van der Waals surface area (Å²) in [6.07, 6.45) is 0. The van der Waals surface area contributed by atoms with Crippen molar-refractivity contribution >= 4 is 15.9 Å². The van der Waals surface area contributed by atoms with Gasteiger partial charge in [-0.3, -0.25) is 0 Å². The van der Waals surface area contributed by atoms with Crippen LogP contribution in [0.2, 0.25) is 0 Å². The van der Waals surface area contributed by atoms with Crippen LogP contribution in [0.4, 0.5) is 0 Å². The summed E-state index contributed by atoms with van der Waals surface area (Å²) in [5.41, 5.74) is 3.29. The highest BCUT2D eigenvalue weighted by molar-refractivity contribution is 9.10. The Balaban J connectivity index is 2.23. The van der Waals surface area contributed by atoms with Crippen LogP contribution in [0.5, 0.6) is 11.5 Å². The SMILES string of the molecule is CNCc1cc(Br)cc(C)c1OCc1ccccc1OC. The third-order valence-electron chi connectivity index (χ3n) is 3.25. The van der Waals surface area contributed by atoms with E-state index < -0.39 is 0 Å². The lowest BCUT2D eigenvalue weighted by atomic mass is 10.1. The molecule has 112 valence electrons. The molecule has 2 rings (SSSR count). The van der Waals surface area contributed by atoms with Gasteiger partial charge in [0.05, 0.1) is 7.11 Å². The normalized spacial score (nSPS) is 10.5. The first kappa shape index (κ1) is 15.9. The van der Waals surface area contributed by atoms with Crippen LogP contribution in [-0.2, 0) is 13.2 Å². The summed E-state index contributed by atoms with van der Waals surface area (Å²) in [5, 5.41) is 3.17. The first-order chi connectivity index (χ1) is 10.2. The molecule has 1 N–H and O–H groups in total. The molecule has 0 saturated heterocycles. The first-order valence-corrected chi connectivity index (χ1v) is 7.63. The lowest BCUT2D eigenvalue weighted by Crippen LogP contribution is -2.09. The highest BCUT2D eigenvalue weighted by atomic mass is 79.9. The average molecular weight is 350 g/mol. The first-order valence-electron chi connectivity index (χ1n) is 6.84. The van der Waals surface area contributed by atoms with Crippen molar-refractivity contribution in [3.05, 3.63) is 57.6 Å². The number of hydrogen-bond donors (Lipinski definition) is 1. The molecule has 0 bridgehead atoms. The van der Waals surface area contributed by atoms with E-state index in [4.69, 9.17) is 9.47 Å². The number of ether oxygens (including phenoxy) is 2. The predicted octanol–water partition coefficient (Wildman–Crippen LogP) is 4.06. The van der Waals surface area contributed by atoms with Crippen molar-refractivity contribution in [3.8, 4) is 11.5 Å². The minimum absolute atomic E-state index is 0.489. The van der Waals surface area contributed by atoms with Crippen molar-refractivity contribution in [2.45, 2.75) is 20.1 Å². The van der Waals surface area contributed by atoms with Crippen molar-refractivity contribution in [3.63, 3.8) is 0 Å². The molecule has 0 atom stereocenters. The third kappa shape index (κ3) is 3.99. The van der Waals surface area contributed by atoms with E-state index in [2.05, 4.69) is 40.3 Å². The molecule has 0 spiro atoms. The second kappa shape index (κ2) is 7.48. The number of rotatable bonds is 6. The molecule has 3 nitrogen and oxygen atoms in total. The lowest BCUT2D eigenvalue weighted by Gasteiger charge is -2.16. The smallest absolute Gasteiger partial charge is 0.127 e. The largest absolute Gasteiger partial charge is 0.496 e. The van der Waals surface area contributed by atoms with E-state index in [0.717, 1.165) is 39.2 Å². The van der Waals surface area contributed by atoms with Gasteiger partial charge in [-0.1, -0.05) is 34.1 Å². The molecule has 0 aliphatic carbocycles. The van der Waals surface area contributed by atoms with Crippen LogP contribution in [0.3, 0.4) is 0 Å². The van der Waals surface area contributed by atoms with Crippen LogP contribution in [0.1, 0.15) is 16.7 Å². The molecule has 2 aromatic carbocycles. The number of methoxy groups -OCH3 is 1. The molecule has 0 heterocycles. The maximum atomic E-state index is 6.06. The Morgan fingerprint density at radius 1 is 1.14 bits per heavy atom. The van der Waals surface area contributed by atoms with Gasteiger partial charge >= 0.3 is 0 Å². The Bertz CT molecular complexity index is 614. The Morgan fingerprint density at radius 2 is 1.90 bits per heavy atom. The van der Waals surface area contributed by atoms with Gasteiger partial charge in [-0.25, -0.2) is 0 Å². The number of nitrogens with one attached hydrogen (secondary N) is 1. The van der Waals surface area contributed by atoms with E-state index in [-0.39, 0.29) is 0 Å². The van der Waals surface area contributed by atoms with Gasteiger partial charge in [0.15, 0.2) is 0 Å². The molecule has 0 aliphatic heterocycles. The minimum Gasteiger partial charge on any atom is -0.496 e. The number of benzene rings is 2. The lowest BCUT2D eigenvalue weighted by molar-refractivity contribution is 0.291. The Labute approximate surface area is 134 Å². The van der Waals surface area contributed by atoms with Gasteiger partial charge < -0.3 is 14.8 Å². The molecular weight excluding hydrogens is 330 g/mol. The Hall–Kier alpha value is -1.52. The minimum atomic E-state index is 0.489. The van der Waals surface area contributed by atoms with Crippen LogP contribution in [0.25, 0.3) is 0 Å². The van der Waals surface area contributed by atoms with Crippen molar-refractivity contribution in [2.24, 2.45) is 0 Å². The van der Waals surface area contributed by atoms with Crippen molar-refractivity contribution in [1.29, 1.82) is 0 Å². The second-order valence-corrected chi connectivity index (χ2v) is 5.76. The zero-order valence-electron chi connectivity index (χ0n) is 12.6. The monoisotopic (exact) mass is 349 g/mol. The Morgan fingerprint density at radius 3 is 2.62 bits per heavy atom. The third-order valence-corrected chi connectivity index (χ3v) is 3.71. The summed E-state index contributed by atoms with van der Waals surface area (Å²) in [5.74, 6) is 1.78. The summed E-state index contributed by atoms with van der Waals surface area (Å²) in [6.45, 7) is 3.31. The van der Waals surface area contributed by atoms with Gasteiger partial charge in [-0.15, -0.1) is 0 Å². The highest BCUT2D eigenvalue weighted by Crippen LogP contribution is 2.29. The molecule has 0 amide bonds. The van der Waals surface area contributed by atoms with Crippen LogP contribution in [0.15, 0.2) is 40.9 Å². The highest BCUT2D eigenvalue weighted by Gasteiger charge is 2.10. The maximum absolute atomic E-state index is 6.06. The molecule has 4 heteroatoms. The summed E-state index contributed by atoms with van der Waals surface area (Å²) >= 11 is 3.53. The fraction of sp³-hybridized carbons (Fsp3) is 0.294. The van der Waals surface area contributed by atoms with E-state index in [0.29, 0.717) is 6.61 Å². The zero-order chi connectivity index (χ0) is 15.2. The van der Waals surface area contributed by atoms with E-state index in [1.54, 1.807) is 7.11 Å². The number of halogens is 1. The van der Waals surface area contributed by atoms with Crippen LogP contribution in [-0.4, -0.2) is 14.2 Å². The molecule has 21 heavy (non-hydrogen) atoms. The zero-order valence-corrected chi connectivity index (χ0v) is 14.2. The fourth-order valence-electron chi connectivity index (χ4n) is 2.30. The van der Waals surface area contributed by atoms with Gasteiger partial charge in [0.1, 0.15) is 18.1 Å². The van der Waals surface area contributed by atoms with Gasteiger partial charge in [-0.05, 0) is 37.7 Å². The van der Waals surface area contributed by atoms with Gasteiger partial charge in [0, 0.05) is 22.1 Å². The van der Waals surface area contributed by atoms with E-state index >= 15 is 0 Å². The Kier molecular flexibility index (Phi) is 5.65. The van der Waals surface area contributed by atoms with Crippen molar-refractivity contribution < 1.29 is 9.47 Å². The van der Waals surface area contributed by atoms with Gasteiger partial charge in [-0.2, -0.15) is 0 Å². The standard InChI is InChI=1S/C17H20BrNO2/c1-12-8-15(18)9-14(10-19-2)17(12)21-11-13-6-4-5-7-16(13)20-3/h4-9,19H,10-11H2,1-3H3. The van der Waals surface area contributed by atoms with E-state index in [1.165, 1.54) is 0 Å². The number of para-hydroxylation sites is 1. The van der Waals surface area contributed by atoms with E-state index in [9.17, 15) is 0 Å². The van der Waals surface area contributed by atoms with Crippen LogP contribution < -0.4 is 14.8 Å². The fourth-order valence-corrected chi connectivity index (χ4v) is 2.92. The molecule has 0 unspecified atom stereocenters. The predicted molar refractivity (Wildman–Crippen MR) is 89.0 cm³/mol. The van der Waals surface area contributed by atoms with E-state index in [1.807, 2.05) is 31.3 Å². The summed E-state index contributed by atoms with van der Waals surface area (Å²) in [7, 11) is 3.61. The van der Waals surface area contributed by atoms with Gasteiger partial charge in [0.25, 0.3) is 0 Å². The van der Waals surface area contributed by atoms with Crippen LogP contribution >= 0.6 is 15.9 Å². The second-order valence-electron chi connectivity index (χ2n) is 4.84. The number of aryl methyl sites for hydroxylation is 1. The summed E-state index contributed by atoms with van der Waals surface area (Å²) in [6, 6.07) is 12.1. The molecule has 0 aromatic heterocycles. The molecule has 0 radical (unpaired) electrons. The van der Waals surface area contributed by atoms with Gasteiger partial charge in [0.2, 0.25) is 0 Å². The van der Waals surface area contributed by atoms with Crippen molar-refractivity contribution in [1.82, 2.24) is 5.32 Å². The molecule has 0 aliphatic rings. The summed E-state index contributed by atoms with van der Waals surface area (Å²) < 4.78 is 12.5. The maximum Gasteiger partial charge on any atom is 0.127 e. The quantitative estimate of drug-likeness (QED) is 0.852. The van der Waals surface area contributed by atoms with Crippen molar-refractivity contribution in [2.75, 3.05) is 14.2 Å². The van der Waals surface area contributed by atoms with Crippen LogP contribution in [0, 0.1) is 6.92 Å².